The third-order valence-corrected chi connectivity index (χ3v) is 2.87. The molecule has 0 saturated carbocycles. The van der Waals surface area contributed by atoms with Crippen LogP contribution in [0.15, 0.2) is 0 Å². The van der Waals surface area contributed by atoms with Gasteiger partial charge in [-0.1, -0.05) is 20.8 Å². The number of piperazine rings is 1. The molecule has 1 aromatic heterocycles. The van der Waals surface area contributed by atoms with Crippen LogP contribution < -0.4 is 5.32 Å². The first kappa shape index (κ1) is 12.0. The van der Waals surface area contributed by atoms with Gasteiger partial charge in [-0.3, -0.25) is 4.79 Å². The quantitative estimate of drug-likeness (QED) is 0.729. The van der Waals surface area contributed by atoms with Gasteiger partial charge in [0.1, 0.15) is 5.69 Å². The molecule has 2 rings (SSSR count). The zero-order chi connectivity index (χ0) is 12.5. The van der Waals surface area contributed by atoms with E-state index in [0.717, 1.165) is 31.9 Å². The lowest BCUT2D eigenvalue weighted by Gasteiger charge is -2.27. The normalized spacial score (nSPS) is 17.2. The molecule has 1 aromatic rings. The number of nitrogens with one attached hydrogen (secondary N) is 2. The molecule has 1 amide bonds. The molecule has 0 unspecified atom stereocenters. The molecule has 0 aliphatic carbocycles. The Morgan fingerprint density at radius 1 is 1.24 bits per heavy atom. The van der Waals surface area contributed by atoms with Gasteiger partial charge in [-0.25, -0.2) is 0 Å². The monoisotopic (exact) mass is 237 g/mol. The van der Waals surface area contributed by atoms with Crippen LogP contribution in [0.5, 0.6) is 0 Å². The van der Waals surface area contributed by atoms with E-state index < -0.39 is 0 Å². The van der Waals surface area contributed by atoms with Crippen molar-refractivity contribution in [2.24, 2.45) is 0 Å². The van der Waals surface area contributed by atoms with E-state index in [1.807, 2.05) is 25.7 Å². The van der Waals surface area contributed by atoms with Crippen LogP contribution in [0, 0.1) is 0 Å². The summed E-state index contributed by atoms with van der Waals surface area (Å²) in [5.41, 5.74) is 1.02. The minimum absolute atomic E-state index is 0.0230. The summed E-state index contributed by atoms with van der Waals surface area (Å²) < 4.78 is 0. The smallest absolute Gasteiger partial charge is 0.276 e. The zero-order valence-corrected chi connectivity index (χ0v) is 10.6. The van der Waals surface area contributed by atoms with Crippen molar-refractivity contribution in [3.05, 3.63) is 11.4 Å². The van der Waals surface area contributed by atoms with Gasteiger partial charge < -0.3 is 10.2 Å². The topological polar surface area (TPSA) is 73.9 Å². The maximum Gasteiger partial charge on any atom is 0.276 e. The number of carbonyl (C=O) groups excluding carboxylic acids is 1. The van der Waals surface area contributed by atoms with Crippen LogP contribution in [-0.2, 0) is 5.41 Å². The SMILES string of the molecule is CC(C)(C)c1n[nH]nc1C(=O)N1CCNCC1. The molecule has 2 heterocycles. The fraction of sp³-hybridized carbons (Fsp3) is 0.727. The fourth-order valence-corrected chi connectivity index (χ4v) is 1.92. The first-order valence-electron chi connectivity index (χ1n) is 5.91. The van der Waals surface area contributed by atoms with Crippen molar-refractivity contribution in [1.82, 2.24) is 25.6 Å². The Kier molecular flexibility index (Phi) is 3.15. The van der Waals surface area contributed by atoms with Crippen LogP contribution in [0.4, 0.5) is 0 Å². The standard InChI is InChI=1S/C11H19N5O/c1-11(2,3)9-8(13-15-14-9)10(17)16-6-4-12-5-7-16/h12H,4-7H2,1-3H3,(H,13,14,15). The van der Waals surface area contributed by atoms with Crippen molar-refractivity contribution in [1.29, 1.82) is 0 Å². The molecule has 0 spiro atoms. The van der Waals surface area contributed by atoms with Crippen molar-refractivity contribution in [2.75, 3.05) is 26.2 Å². The van der Waals surface area contributed by atoms with Crippen molar-refractivity contribution in [2.45, 2.75) is 26.2 Å². The highest BCUT2D eigenvalue weighted by Gasteiger charge is 2.29. The summed E-state index contributed by atoms with van der Waals surface area (Å²) in [6, 6.07) is 0. The second kappa shape index (κ2) is 4.44. The Bertz CT molecular complexity index is 400. The van der Waals surface area contributed by atoms with E-state index in [1.165, 1.54) is 0 Å². The largest absolute Gasteiger partial charge is 0.335 e. The van der Waals surface area contributed by atoms with Gasteiger partial charge in [0, 0.05) is 31.6 Å². The molecule has 2 N–H and O–H groups in total. The minimum atomic E-state index is -0.175. The van der Waals surface area contributed by atoms with Gasteiger partial charge in [0.15, 0.2) is 5.69 Å². The van der Waals surface area contributed by atoms with Gasteiger partial charge in [0.05, 0.1) is 0 Å². The van der Waals surface area contributed by atoms with Gasteiger partial charge in [-0.05, 0) is 0 Å². The van der Waals surface area contributed by atoms with Gasteiger partial charge in [-0.15, -0.1) is 0 Å². The second-order valence-electron chi connectivity index (χ2n) is 5.31. The van der Waals surface area contributed by atoms with E-state index in [4.69, 9.17) is 0 Å². The van der Waals surface area contributed by atoms with E-state index in [9.17, 15) is 4.79 Å². The van der Waals surface area contributed by atoms with Crippen molar-refractivity contribution < 1.29 is 4.79 Å². The minimum Gasteiger partial charge on any atom is -0.335 e. The number of carbonyl (C=O) groups is 1. The molecule has 0 aromatic carbocycles. The molecular formula is C11H19N5O. The summed E-state index contributed by atoms with van der Waals surface area (Å²) in [5, 5.41) is 13.9. The van der Waals surface area contributed by atoms with E-state index >= 15 is 0 Å². The number of hydrogen-bond donors (Lipinski definition) is 2. The third kappa shape index (κ3) is 2.46. The van der Waals surface area contributed by atoms with E-state index in [1.54, 1.807) is 0 Å². The molecule has 17 heavy (non-hydrogen) atoms. The molecular weight excluding hydrogens is 218 g/mol. The molecule has 6 nitrogen and oxygen atoms in total. The maximum absolute atomic E-state index is 12.3. The molecule has 6 heteroatoms. The number of aromatic amines is 1. The summed E-state index contributed by atoms with van der Waals surface area (Å²) in [6.45, 7) is 9.23. The summed E-state index contributed by atoms with van der Waals surface area (Å²) >= 11 is 0. The predicted molar refractivity (Wildman–Crippen MR) is 63.9 cm³/mol. The predicted octanol–water partition coefficient (Wildman–Crippen LogP) is 0.148. The fourth-order valence-electron chi connectivity index (χ4n) is 1.92. The summed E-state index contributed by atoms with van der Waals surface area (Å²) in [7, 11) is 0. The maximum atomic E-state index is 12.3. The highest BCUT2D eigenvalue weighted by Crippen LogP contribution is 2.22. The number of amides is 1. The van der Waals surface area contributed by atoms with Crippen LogP contribution in [0.1, 0.15) is 37.0 Å². The van der Waals surface area contributed by atoms with Crippen LogP contribution in [0.2, 0.25) is 0 Å². The Balaban J connectivity index is 2.22. The van der Waals surface area contributed by atoms with Gasteiger partial charge in [-0.2, -0.15) is 15.4 Å². The molecule has 1 saturated heterocycles. The number of H-pyrrole nitrogens is 1. The molecule has 1 aliphatic rings. The Morgan fingerprint density at radius 2 is 1.88 bits per heavy atom. The second-order valence-corrected chi connectivity index (χ2v) is 5.31. The van der Waals surface area contributed by atoms with Crippen LogP contribution >= 0.6 is 0 Å². The molecule has 94 valence electrons. The van der Waals surface area contributed by atoms with Crippen LogP contribution in [0.3, 0.4) is 0 Å². The summed E-state index contributed by atoms with van der Waals surface area (Å²) in [5.74, 6) is -0.0230. The highest BCUT2D eigenvalue weighted by molar-refractivity contribution is 5.93. The molecule has 1 fully saturated rings. The van der Waals surface area contributed by atoms with Gasteiger partial charge in [0.2, 0.25) is 0 Å². The van der Waals surface area contributed by atoms with Crippen molar-refractivity contribution >= 4 is 5.91 Å². The number of rotatable bonds is 1. The average Bonchev–Trinajstić information content (AvgIpc) is 2.78. The number of hydrogen-bond acceptors (Lipinski definition) is 4. The summed E-state index contributed by atoms with van der Waals surface area (Å²) in [4.78, 5) is 14.1. The molecule has 0 atom stereocenters. The van der Waals surface area contributed by atoms with E-state index in [0.29, 0.717) is 5.69 Å². The molecule has 1 aliphatic heterocycles. The lowest BCUT2D eigenvalue weighted by Crippen LogP contribution is -2.47. The van der Waals surface area contributed by atoms with E-state index in [2.05, 4.69) is 20.7 Å². The van der Waals surface area contributed by atoms with Crippen molar-refractivity contribution in [3.63, 3.8) is 0 Å². The third-order valence-electron chi connectivity index (χ3n) is 2.87. The van der Waals surface area contributed by atoms with Gasteiger partial charge in [0.25, 0.3) is 5.91 Å². The highest BCUT2D eigenvalue weighted by atomic mass is 16.2. The Morgan fingerprint density at radius 3 is 2.47 bits per heavy atom. The Labute approximate surface area is 101 Å². The Hall–Kier alpha value is -1.43. The van der Waals surface area contributed by atoms with E-state index in [-0.39, 0.29) is 11.3 Å². The van der Waals surface area contributed by atoms with Crippen molar-refractivity contribution in [3.8, 4) is 0 Å². The summed E-state index contributed by atoms with van der Waals surface area (Å²) in [6.07, 6.45) is 0. The van der Waals surface area contributed by atoms with Crippen LogP contribution in [0.25, 0.3) is 0 Å². The zero-order valence-electron chi connectivity index (χ0n) is 10.6. The lowest BCUT2D eigenvalue weighted by atomic mass is 9.90. The number of nitrogens with zero attached hydrogens (tertiary/aromatic N) is 3. The van der Waals surface area contributed by atoms with Gasteiger partial charge >= 0.3 is 0 Å². The first-order valence-corrected chi connectivity index (χ1v) is 5.91. The number of aromatic nitrogens is 3. The lowest BCUT2D eigenvalue weighted by molar-refractivity contribution is 0.0727. The molecule has 0 radical (unpaired) electrons. The first-order chi connectivity index (χ1) is 8.00. The average molecular weight is 237 g/mol. The van der Waals surface area contributed by atoms with Crippen LogP contribution in [-0.4, -0.2) is 52.4 Å². The molecule has 0 bridgehead atoms.